The number of carbonyl (C=O) groups excluding carboxylic acids is 1. The summed E-state index contributed by atoms with van der Waals surface area (Å²) in [5, 5.41) is 8.89. The maximum atomic E-state index is 12.6. The van der Waals surface area contributed by atoms with Crippen LogP contribution in [0, 0.1) is 5.92 Å². The molecule has 0 aliphatic heterocycles. The van der Waals surface area contributed by atoms with Crippen molar-refractivity contribution in [1.82, 2.24) is 4.90 Å². The fourth-order valence-corrected chi connectivity index (χ4v) is 3.12. The van der Waals surface area contributed by atoms with Crippen molar-refractivity contribution in [2.45, 2.75) is 57.5 Å². The van der Waals surface area contributed by atoms with E-state index < -0.39 is 5.97 Å². The highest BCUT2D eigenvalue weighted by atomic mass is 16.4. The Labute approximate surface area is 131 Å². The van der Waals surface area contributed by atoms with Gasteiger partial charge in [-0.1, -0.05) is 12.1 Å². The molecule has 4 heteroatoms. The molecule has 2 fully saturated rings. The maximum absolute atomic E-state index is 12.6. The monoisotopic (exact) mass is 301 g/mol. The predicted molar refractivity (Wildman–Crippen MR) is 83.8 cm³/mol. The van der Waals surface area contributed by atoms with Gasteiger partial charge >= 0.3 is 5.97 Å². The van der Waals surface area contributed by atoms with E-state index in [1.54, 1.807) is 12.1 Å². The SMILES string of the molecule is CC(C1CC1)N(C(=O)CCc1ccc(C(=O)O)cc1)C1CC1. The third-order valence-electron chi connectivity index (χ3n) is 4.80. The van der Waals surface area contributed by atoms with Crippen LogP contribution < -0.4 is 0 Å². The van der Waals surface area contributed by atoms with Crippen molar-refractivity contribution in [3.63, 3.8) is 0 Å². The van der Waals surface area contributed by atoms with Gasteiger partial charge in [0.25, 0.3) is 0 Å². The summed E-state index contributed by atoms with van der Waals surface area (Å²) in [6.45, 7) is 2.19. The molecule has 2 aliphatic carbocycles. The van der Waals surface area contributed by atoms with Crippen molar-refractivity contribution in [2.75, 3.05) is 0 Å². The van der Waals surface area contributed by atoms with Crippen molar-refractivity contribution in [3.05, 3.63) is 35.4 Å². The smallest absolute Gasteiger partial charge is 0.335 e. The first-order valence-electron chi connectivity index (χ1n) is 8.19. The molecule has 1 aromatic rings. The molecule has 0 spiro atoms. The summed E-state index contributed by atoms with van der Waals surface area (Å²) in [5.74, 6) is 0.0457. The number of aromatic carboxylic acids is 1. The van der Waals surface area contributed by atoms with Crippen molar-refractivity contribution >= 4 is 11.9 Å². The molecule has 0 heterocycles. The van der Waals surface area contributed by atoms with Gasteiger partial charge in [-0.25, -0.2) is 4.79 Å². The van der Waals surface area contributed by atoms with Crippen molar-refractivity contribution in [1.29, 1.82) is 0 Å². The number of aryl methyl sites for hydroxylation is 1. The third-order valence-corrected chi connectivity index (χ3v) is 4.80. The van der Waals surface area contributed by atoms with Crippen molar-refractivity contribution < 1.29 is 14.7 Å². The minimum atomic E-state index is -0.916. The van der Waals surface area contributed by atoms with Crippen LogP contribution in [0.2, 0.25) is 0 Å². The summed E-state index contributed by atoms with van der Waals surface area (Å²) in [5.41, 5.74) is 1.31. The summed E-state index contributed by atoms with van der Waals surface area (Å²) in [4.78, 5) is 25.5. The van der Waals surface area contributed by atoms with Crippen LogP contribution in [-0.4, -0.2) is 34.0 Å². The van der Waals surface area contributed by atoms with Crippen LogP contribution in [0.4, 0.5) is 0 Å². The van der Waals surface area contributed by atoms with Crippen LogP contribution in [-0.2, 0) is 11.2 Å². The average molecular weight is 301 g/mol. The fraction of sp³-hybridized carbons (Fsp3) is 0.556. The molecule has 1 unspecified atom stereocenters. The first kappa shape index (κ1) is 15.1. The van der Waals surface area contributed by atoms with E-state index in [9.17, 15) is 9.59 Å². The van der Waals surface area contributed by atoms with E-state index in [0.29, 0.717) is 30.8 Å². The number of carboxylic acids is 1. The Balaban J connectivity index is 1.57. The van der Waals surface area contributed by atoms with Gasteiger partial charge in [0.05, 0.1) is 5.56 Å². The number of carboxylic acid groups (broad SMARTS) is 1. The minimum Gasteiger partial charge on any atom is -0.478 e. The molecule has 0 aromatic heterocycles. The quantitative estimate of drug-likeness (QED) is 0.842. The highest BCUT2D eigenvalue weighted by molar-refractivity contribution is 5.87. The first-order valence-corrected chi connectivity index (χ1v) is 8.19. The van der Waals surface area contributed by atoms with Gasteiger partial charge in [0.2, 0.25) is 5.91 Å². The lowest BCUT2D eigenvalue weighted by molar-refractivity contribution is -0.134. The van der Waals surface area contributed by atoms with Gasteiger partial charge in [-0.05, 0) is 62.6 Å². The van der Waals surface area contributed by atoms with Gasteiger partial charge in [0.1, 0.15) is 0 Å². The van der Waals surface area contributed by atoms with Gasteiger partial charge in [0.15, 0.2) is 0 Å². The summed E-state index contributed by atoms with van der Waals surface area (Å²) in [6.07, 6.45) is 6.01. The molecule has 4 nitrogen and oxygen atoms in total. The normalized spacial score (nSPS) is 18.8. The number of amides is 1. The molecular formula is C18H23NO3. The van der Waals surface area contributed by atoms with Crippen LogP contribution >= 0.6 is 0 Å². The molecule has 0 saturated heterocycles. The lowest BCUT2D eigenvalue weighted by atomic mass is 10.1. The number of rotatable bonds is 7. The van der Waals surface area contributed by atoms with Crippen LogP contribution in [0.3, 0.4) is 0 Å². The van der Waals surface area contributed by atoms with Gasteiger partial charge in [-0.2, -0.15) is 0 Å². The lowest BCUT2D eigenvalue weighted by Crippen LogP contribution is -2.41. The second-order valence-corrected chi connectivity index (χ2v) is 6.61. The van der Waals surface area contributed by atoms with E-state index in [0.717, 1.165) is 18.4 Å². The number of hydrogen-bond acceptors (Lipinski definition) is 2. The molecule has 1 amide bonds. The molecule has 0 bridgehead atoms. The molecule has 1 atom stereocenters. The Morgan fingerprint density at radius 3 is 2.32 bits per heavy atom. The second-order valence-electron chi connectivity index (χ2n) is 6.61. The summed E-state index contributed by atoms with van der Waals surface area (Å²) in [6, 6.07) is 7.68. The highest BCUT2D eigenvalue weighted by Gasteiger charge is 2.41. The number of benzene rings is 1. The zero-order valence-electron chi connectivity index (χ0n) is 13.0. The Bertz CT molecular complexity index is 558. The predicted octanol–water partition coefficient (Wildman–Crippen LogP) is 3.11. The number of carbonyl (C=O) groups is 2. The largest absolute Gasteiger partial charge is 0.478 e. The first-order chi connectivity index (χ1) is 10.6. The van der Waals surface area contributed by atoms with Crippen LogP contribution in [0.5, 0.6) is 0 Å². The maximum Gasteiger partial charge on any atom is 0.335 e. The van der Waals surface area contributed by atoms with E-state index in [1.165, 1.54) is 12.8 Å². The molecule has 0 radical (unpaired) electrons. The summed E-state index contributed by atoms with van der Waals surface area (Å²) >= 11 is 0. The van der Waals surface area contributed by atoms with Gasteiger partial charge in [0, 0.05) is 18.5 Å². The number of nitrogens with zero attached hydrogens (tertiary/aromatic N) is 1. The third kappa shape index (κ3) is 3.49. The molecule has 3 rings (SSSR count). The topological polar surface area (TPSA) is 57.6 Å². The highest BCUT2D eigenvalue weighted by Crippen LogP contribution is 2.40. The molecule has 2 aliphatic rings. The summed E-state index contributed by atoms with van der Waals surface area (Å²) in [7, 11) is 0. The molecule has 1 N–H and O–H groups in total. The Hall–Kier alpha value is -1.84. The van der Waals surface area contributed by atoms with E-state index >= 15 is 0 Å². The van der Waals surface area contributed by atoms with Gasteiger partial charge < -0.3 is 10.0 Å². The van der Waals surface area contributed by atoms with Crippen LogP contribution in [0.15, 0.2) is 24.3 Å². The van der Waals surface area contributed by atoms with E-state index in [2.05, 4.69) is 11.8 Å². The van der Waals surface area contributed by atoms with E-state index in [1.807, 2.05) is 12.1 Å². The van der Waals surface area contributed by atoms with E-state index in [4.69, 9.17) is 5.11 Å². The van der Waals surface area contributed by atoms with Gasteiger partial charge in [-0.3, -0.25) is 4.79 Å². The Kier molecular flexibility index (Phi) is 4.19. The zero-order chi connectivity index (χ0) is 15.7. The standard InChI is InChI=1S/C18H23NO3/c1-12(14-7-8-14)19(16-9-10-16)17(20)11-4-13-2-5-15(6-3-13)18(21)22/h2-3,5-6,12,14,16H,4,7-11H2,1H3,(H,21,22). The zero-order valence-corrected chi connectivity index (χ0v) is 13.0. The fourth-order valence-electron chi connectivity index (χ4n) is 3.12. The van der Waals surface area contributed by atoms with E-state index in [-0.39, 0.29) is 11.5 Å². The molecule has 118 valence electrons. The van der Waals surface area contributed by atoms with Crippen molar-refractivity contribution in [2.24, 2.45) is 5.92 Å². The Morgan fingerprint density at radius 2 is 1.82 bits per heavy atom. The number of hydrogen-bond donors (Lipinski definition) is 1. The second kappa shape index (κ2) is 6.11. The molecular weight excluding hydrogens is 278 g/mol. The van der Waals surface area contributed by atoms with Crippen LogP contribution in [0.25, 0.3) is 0 Å². The van der Waals surface area contributed by atoms with Gasteiger partial charge in [-0.15, -0.1) is 0 Å². The van der Waals surface area contributed by atoms with Crippen LogP contribution in [0.1, 0.15) is 54.9 Å². The lowest BCUT2D eigenvalue weighted by Gasteiger charge is -2.29. The summed E-state index contributed by atoms with van der Waals surface area (Å²) < 4.78 is 0. The average Bonchev–Trinajstić information content (AvgIpc) is 3.38. The molecule has 1 aromatic carbocycles. The van der Waals surface area contributed by atoms with Crippen molar-refractivity contribution in [3.8, 4) is 0 Å². The minimum absolute atomic E-state index is 0.254. The molecule has 22 heavy (non-hydrogen) atoms. The molecule has 2 saturated carbocycles. The Morgan fingerprint density at radius 1 is 1.18 bits per heavy atom.